The van der Waals surface area contributed by atoms with E-state index in [2.05, 4.69) is 4.72 Å². The Morgan fingerprint density at radius 1 is 1.42 bits per heavy atom. The molecule has 1 aromatic carbocycles. The van der Waals surface area contributed by atoms with E-state index in [4.69, 9.17) is 16.3 Å². The van der Waals surface area contributed by atoms with Crippen molar-refractivity contribution >= 4 is 27.6 Å². The van der Waals surface area contributed by atoms with E-state index in [1.54, 1.807) is 12.1 Å². The summed E-state index contributed by atoms with van der Waals surface area (Å²) in [5, 5.41) is 0.628. The quantitative estimate of drug-likeness (QED) is 0.610. The molecule has 0 amide bonds. The number of hydrogen-bond acceptors (Lipinski definition) is 4. The lowest BCUT2D eigenvalue weighted by atomic mass is 10.1. The molecule has 0 spiro atoms. The number of hydrogen-bond donors (Lipinski definition) is 1. The molecule has 0 saturated heterocycles. The fraction of sp³-hybridized carbons (Fsp3) is 0.417. The maximum Gasteiger partial charge on any atom is 0.306 e. The summed E-state index contributed by atoms with van der Waals surface area (Å²) < 4.78 is 28.6. The maximum absolute atomic E-state index is 11.4. The van der Waals surface area contributed by atoms with E-state index < -0.39 is 10.0 Å². The Morgan fingerprint density at radius 2 is 2.16 bits per heavy atom. The first kappa shape index (κ1) is 15.9. The van der Waals surface area contributed by atoms with Crippen LogP contribution in [0.2, 0.25) is 5.02 Å². The van der Waals surface area contributed by atoms with Crippen molar-refractivity contribution in [3.05, 3.63) is 34.9 Å². The third-order valence-electron chi connectivity index (χ3n) is 2.24. The molecule has 0 radical (unpaired) electrons. The normalized spacial score (nSPS) is 11.3. The van der Waals surface area contributed by atoms with Crippen molar-refractivity contribution in [1.82, 2.24) is 4.72 Å². The average molecular weight is 306 g/mol. The summed E-state index contributed by atoms with van der Waals surface area (Å²) in [7, 11) is -3.24. The summed E-state index contributed by atoms with van der Waals surface area (Å²) in [4.78, 5) is 11.4. The number of nitrogens with one attached hydrogen (secondary N) is 1. The predicted molar refractivity (Wildman–Crippen MR) is 73.6 cm³/mol. The van der Waals surface area contributed by atoms with Gasteiger partial charge in [0, 0.05) is 18.0 Å². The molecule has 0 aliphatic rings. The standard InChI is InChI=1S/C12H16ClNO4S/c1-19(16,17)14-7-8-18-12(15)6-5-10-3-2-4-11(13)9-10/h2-4,9,14H,5-8H2,1H3. The monoisotopic (exact) mass is 305 g/mol. The summed E-state index contributed by atoms with van der Waals surface area (Å²) in [6.07, 6.45) is 1.83. The van der Waals surface area contributed by atoms with E-state index in [9.17, 15) is 13.2 Å². The second-order valence-corrected chi connectivity index (χ2v) is 6.29. The van der Waals surface area contributed by atoms with Crippen molar-refractivity contribution in [2.75, 3.05) is 19.4 Å². The highest BCUT2D eigenvalue weighted by atomic mass is 35.5. The molecule has 0 fully saturated rings. The first-order chi connectivity index (χ1) is 8.87. The number of rotatable bonds is 7. The molecular weight excluding hydrogens is 290 g/mol. The van der Waals surface area contributed by atoms with E-state index in [0.717, 1.165) is 11.8 Å². The molecule has 0 aliphatic carbocycles. The average Bonchev–Trinajstić information content (AvgIpc) is 2.31. The van der Waals surface area contributed by atoms with Crippen LogP contribution in [0, 0.1) is 0 Å². The SMILES string of the molecule is CS(=O)(=O)NCCOC(=O)CCc1cccc(Cl)c1. The third-order valence-corrected chi connectivity index (χ3v) is 3.20. The summed E-state index contributed by atoms with van der Waals surface area (Å²) >= 11 is 5.82. The van der Waals surface area contributed by atoms with Crippen LogP contribution in [0.3, 0.4) is 0 Å². The van der Waals surface area contributed by atoms with Gasteiger partial charge in [-0.15, -0.1) is 0 Å². The van der Waals surface area contributed by atoms with Crippen LogP contribution in [0.4, 0.5) is 0 Å². The van der Waals surface area contributed by atoms with Gasteiger partial charge in [0.25, 0.3) is 0 Å². The maximum atomic E-state index is 11.4. The van der Waals surface area contributed by atoms with Gasteiger partial charge in [-0.1, -0.05) is 23.7 Å². The Balaban J connectivity index is 2.21. The van der Waals surface area contributed by atoms with Gasteiger partial charge in [-0.2, -0.15) is 0 Å². The van der Waals surface area contributed by atoms with E-state index in [-0.39, 0.29) is 25.5 Å². The minimum absolute atomic E-state index is 0.0292. The van der Waals surface area contributed by atoms with Crippen molar-refractivity contribution in [1.29, 1.82) is 0 Å². The molecule has 0 unspecified atom stereocenters. The second kappa shape index (κ2) is 7.47. The summed E-state index contributed by atoms with van der Waals surface area (Å²) in [6, 6.07) is 7.25. The Hall–Kier alpha value is -1.11. The molecular formula is C12H16ClNO4S. The van der Waals surface area contributed by atoms with E-state index in [1.807, 2.05) is 12.1 Å². The number of carbonyl (C=O) groups is 1. The molecule has 0 heterocycles. The van der Waals surface area contributed by atoms with Gasteiger partial charge in [-0.3, -0.25) is 4.79 Å². The highest BCUT2D eigenvalue weighted by Crippen LogP contribution is 2.12. The van der Waals surface area contributed by atoms with Gasteiger partial charge in [-0.05, 0) is 24.1 Å². The summed E-state index contributed by atoms with van der Waals surface area (Å²) in [5.74, 6) is -0.365. The fourth-order valence-electron chi connectivity index (χ4n) is 1.40. The molecule has 0 saturated carbocycles. The number of aryl methyl sites for hydroxylation is 1. The summed E-state index contributed by atoms with van der Waals surface area (Å²) in [6.45, 7) is 0.114. The van der Waals surface area contributed by atoms with Crippen LogP contribution < -0.4 is 4.72 Å². The number of halogens is 1. The molecule has 19 heavy (non-hydrogen) atoms. The van der Waals surface area contributed by atoms with Gasteiger partial charge in [0.05, 0.1) is 6.26 Å². The van der Waals surface area contributed by atoms with Crippen LogP contribution >= 0.6 is 11.6 Å². The van der Waals surface area contributed by atoms with Gasteiger partial charge in [0.2, 0.25) is 10.0 Å². The van der Waals surface area contributed by atoms with Gasteiger partial charge in [-0.25, -0.2) is 13.1 Å². The van der Waals surface area contributed by atoms with Crippen LogP contribution in [0.25, 0.3) is 0 Å². The van der Waals surface area contributed by atoms with Crippen LogP contribution in [-0.2, 0) is 26.0 Å². The molecule has 7 heteroatoms. The first-order valence-corrected chi connectivity index (χ1v) is 7.98. The van der Waals surface area contributed by atoms with Gasteiger partial charge < -0.3 is 4.74 Å². The van der Waals surface area contributed by atoms with Crippen molar-refractivity contribution in [2.45, 2.75) is 12.8 Å². The lowest BCUT2D eigenvalue weighted by Gasteiger charge is -2.05. The predicted octanol–water partition coefficient (Wildman–Crippen LogP) is 1.37. The molecule has 0 aromatic heterocycles. The largest absolute Gasteiger partial charge is 0.464 e. The Bertz CT molecular complexity index is 530. The molecule has 0 atom stereocenters. The number of esters is 1. The van der Waals surface area contributed by atoms with Crippen molar-refractivity contribution in [3.8, 4) is 0 Å². The first-order valence-electron chi connectivity index (χ1n) is 5.71. The van der Waals surface area contributed by atoms with Gasteiger partial charge >= 0.3 is 5.97 Å². The minimum Gasteiger partial charge on any atom is -0.464 e. The van der Waals surface area contributed by atoms with Crippen molar-refractivity contribution < 1.29 is 17.9 Å². The van der Waals surface area contributed by atoms with Gasteiger partial charge in [0.15, 0.2) is 0 Å². The van der Waals surface area contributed by atoms with E-state index in [1.165, 1.54) is 0 Å². The lowest BCUT2D eigenvalue weighted by Crippen LogP contribution is -2.26. The molecule has 0 aliphatic heterocycles. The van der Waals surface area contributed by atoms with Crippen LogP contribution in [0.1, 0.15) is 12.0 Å². The number of benzene rings is 1. The number of sulfonamides is 1. The molecule has 106 valence electrons. The Morgan fingerprint density at radius 3 is 2.79 bits per heavy atom. The molecule has 0 bridgehead atoms. The Labute approximate surface area is 118 Å². The van der Waals surface area contributed by atoms with Crippen molar-refractivity contribution in [3.63, 3.8) is 0 Å². The zero-order chi connectivity index (χ0) is 14.3. The van der Waals surface area contributed by atoms with Gasteiger partial charge in [0.1, 0.15) is 6.61 Å². The highest BCUT2D eigenvalue weighted by Gasteiger charge is 2.05. The number of ether oxygens (including phenoxy) is 1. The molecule has 1 rings (SSSR count). The van der Waals surface area contributed by atoms with Crippen LogP contribution in [-0.4, -0.2) is 33.8 Å². The zero-order valence-corrected chi connectivity index (χ0v) is 12.1. The fourth-order valence-corrected chi connectivity index (χ4v) is 2.07. The van der Waals surface area contributed by atoms with Crippen molar-refractivity contribution in [2.24, 2.45) is 0 Å². The molecule has 5 nitrogen and oxygen atoms in total. The molecule has 1 N–H and O–H groups in total. The van der Waals surface area contributed by atoms with Crippen LogP contribution in [0.5, 0.6) is 0 Å². The zero-order valence-electron chi connectivity index (χ0n) is 10.6. The lowest BCUT2D eigenvalue weighted by molar-refractivity contribution is -0.143. The second-order valence-electron chi connectivity index (χ2n) is 4.02. The summed E-state index contributed by atoms with van der Waals surface area (Å²) in [5.41, 5.74) is 0.957. The van der Waals surface area contributed by atoms with Crippen LogP contribution in [0.15, 0.2) is 24.3 Å². The minimum atomic E-state index is -3.24. The number of carbonyl (C=O) groups excluding carboxylic acids is 1. The van der Waals surface area contributed by atoms with E-state index in [0.29, 0.717) is 11.4 Å². The van der Waals surface area contributed by atoms with E-state index >= 15 is 0 Å². The molecule has 1 aromatic rings. The smallest absolute Gasteiger partial charge is 0.306 e. The topological polar surface area (TPSA) is 72.5 Å². The highest BCUT2D eigenvalue weighted by molar-refractivity contribution is 7.88. The Kier molecular flexibility index (Phi) is 6.27. The third kappa shape index (κ3) is 7.81.